The number of aliphatic hydroxyl groups is 3. The lowest BCUT2D eigenvalue weighted by Gasteiger charge is -2.60. The lowest BCUT2D eigenvalue weighted by molar-refractivity contribution is -0.293. The average molecular weight is 762 g/mol. The number of carbonyl (C=O) groups is 2. The number of carbonyl (C=O) groups excluding carboxylic acids is 2. The Hall–Kier alpha value is -1.52. The van der Waals surface area contributed by atoms with E-state index >= 15 is 0 Å². The highest BCUT2D eigenvalue weighted by atomic mass is 16.6. The van der Waals surface area contributed by atoms with Crippen LogP contribution in [-0.2, 0) is 23.8 Å². The molecule has 54 heavy (non-hydrogen) atoms. The van der Waals surface area contributed by atoms with E-state index in [-0.39, 0.29) is 55.0 Å². The van der Waals surface area contributed by atoms with Gasteiger partial charge in [0.05, 0.1) is 55.4 Å². The molecule has 0 bridgehead atoms. The first-order chi connectivity index (χ1) is 25.9. The molecule has 0 aromatic carbocycles. The Morgan fingerprint density at radius 2 is 1.89 bits per heavy atom. The molecule has 4 aliphatic heterocycles. The van der Waals surface area contributed by atoms with Gasteiger partial charge < -0.3 is 56.9 Å². The van der Waals surface area contributed by atoms with Crippen molar-refractivity contribution in [1.82, 2.24) is 16.0 Å². The smallest absolute Gasteiger partial charge is 0.335 e. The summed E-state index contributed by atoms with van der Waals surface area (Å²) in [5.41, 5.74) is 12.4. The van der Waals surface area contributed by atoms with E-state index in [0.717, 1.165) is 77.3 Å². The van der Waals surface area contributed by atoms with Crippen LogP contribution in [0, 0.1) is 41.4 Å². The van der Waals surface area contributed by atoms with Crippen molar-refractivity contribution in [3.8, 4) is 0 Å². The van der Waals surface area contributed by atoms with Crippen LogP contribution in [0.15, 0.2) is 11.6 Å². The second-order valence-corrected chi connectivity index (χ2v) is 17.9. The van der Waals surface area contributed by atoms with Crippen LogP contribution in [0.3, 0.4) is 0 Å². The zero-order chi connectivity index (χ0) is 38.6. The molecule has 6 aliphatic rings. The molecule has 16 unspecified atom stereocenters. The summed E-state index contributed by atoms with van der Waals surface area (Å²) in [4.78, 5) is 27.9. The van der Waals surface area contributed by atoms with Crippen molar-refractivity contribution in [1.29, 1.82) is 0 Å². The van der Waals surface area contributed by atoms with Crippen molar-refractivity contribution in [2.45, 2.75) is 159 Å². The molecule has 4 saturated heterocycles. The summed E-state index contributed by atoms with van der Waals surface area (Å²) in [6.45, 7) is 8.31. The number of fused-ring (bicyclic) bond motifs is 2. The number of esters is 1. The molecular weight excluding hydrogens is 690 g/mol. The minimum absolute atomic E-state index is 0.00286. The van der Waals surface area contributed by atoms with Crippen molar-refractivity contribution < 1.29 is 39.1 Å². The summed E-state index contributed by atoms with van der Waals surface area (Å²) in [6.07, 6.45) is 7.63. The molecule has 0 radical (unpaired) electrons. The van der Waals surface area contributed by atoms with Gasteiger partial charge in [0.25, 0.3) is 0 Å². The highest BCUT2D eigenvalue weighted by Gasteiger charge is 2.63. The van der Waals surface area contributed by atoms with Gasteiger partial charge in [0.2, 0.25) is 0 Å². The summed E-state index contributed by atoms with van der Waals surface area (Å²) < 4.78 is 20.7. The lowest BCUT2D eigenvalue weighted by Crippen LogP contribution is -2.69. The molecule has 6 fully saturated rings. The van der Waals surface area contributed by atoms with E-state index in [2.05, 4.69) is 22.9 Å². The van der Waals surface area contributed by atoms with Crippen LogP contribution in [0.1, 0.15) is 104 Å². The van der Waals surface area contributed by atoms with Crippen LogP contribution in [0.25, 0.3) is 0 Å². The van der Waals surface area contributed by atoms with Crippen LogP contribution >= 0.6 is 0 Å². The fourth-order valence-electron chi connectivity index (χ4n) is 11.2. The molecule has 6 rings (SSSR count). The van der Waals surface area contributed by atoms with Gasteiger partial charge in [0.15, 0.2) is 0 Å². The molecule has 4 heterocycles. The number of aliphatic hydroxyl groups excluding tert-OH is 3. The molecule has 2 saturated carbocycles. The van der Waals surface area contributed by atoms with Crippen LogP contribution in [0.5, 0.6) is 0 Å². The Bertz CT molecular complexity index is 1280. The third-order valence-corrected chi connectivity index (χ3v) is 14.2. The molecule has 308 valence electrons. The maximum atomic E-state index is 14.1. The van der Waals surface area contributed by atoms with Crippen molar-refractivity contribution >= 4 is 11.8 Å². The summed E-state index contributed by atoms with van der Waals surface area (Å²) in [5, 5.41) is 43.5. The Labute approximate surface area is 322 Å². The zero-order valence-electron chi connectivity index (χ0n) is 33.0. The van der Waals surface area contributed by atoms with Gasteiger partial charge in [-0.15, -0.1) is 0 Å². The topological polar surface area (TPSA) is 211 Å². The molecule has 0 aromatic rings. The van der Waals surface area contributed by atoms with Gasteiger partial charge >= 0.3 is 5.97 Å². The van der Waals surface area contributed by atoms with Crippen molar-refractivity contribution in [3.05, 3.63) is 11.6 Å². The quantitative estimate of drug-likeness (QED) is 0.0997. The van der Waals surface area contributed by atoms with Gasteiger partial charge in [-0.1, -0.05) is 25.8 Å². The predicted molar refractivity (Wildman–Crippen MR) is 205 cm³/mol. The number of piperidine rings is 2. The molecule has 2 aliphatic carbocycles. The molecule has 0 aromatic heterocycles. The Morgan fingerprint density at radius 1 is 1.07 bits per heavy atom. The summed E-state index contributed by atoms with van der Waals surface area (Å²) in [7, 11) is 0. The molecule has 0 amide bonds. The number of rotatable bonds is 13. The fourth-order valence-corrected chi connectivity index (χ4v) is 11.2. The monoisotopic (exact) mass is 762 g/mol. The molecule has 13 heteroatoms. The predicted octanol–water partition coefficient (Wildman–Crippen LogP) is 1.85. The molecular formula is C41H71N5O8. The second kappa shape index (κ2) is 18.8. The minimum Gasteiger partial charge on any atom is -0.456 e. The van der Waals surface area contributed by atoms with Gasteiger partial charge in [0, 0.05) is 30.4 Å². The van der Waals surface area contributed by atoms with Crippen LogP contribution in [0.2, 0.25) is 0 Å². The van der Waals surface area contributed by atoms with Crippen molar-refractivity contribution in [3.63, 3.8) is 0 Å². The minimum atomic E-state index is -1.06. The lowest BCUT2D eigenvalue weighted by atomic mass is 9.56. The third kappa shape index (κ3) is 9.60. The maximum Gasteiger partial charge on any atom is 0.335 e. The summed E-state index contributed by atoms with van der Waals surface area (Å²) in [5.74, 6) is -1.10. The number of ketones is 1. The summed E-state index contributed by atoms with van der Waals surface area (Å²) in [6, 6.07) is 0. The number of Topliss-reactive ketones (excluding diaryl/α,β-unsaturated/α-hetero) is 1. The van der Waals surface area contributed by atoms with E-state index in [1.54, 1.807) is 6.08 Å². The first kappa shape index (κ1) is 42.1. The number of likely N-dealkylation sites (N-methyl/N-ethyl adjacent to an activating group) is 1. The normalized spacial score (nSPS) is 43.9. The number of nitrogens with two attached hydrogens (primary N) is 2. The molecule has 0 spiro atoms. The van der Waals surface area contributed by atoms with Gasteiger partial charge in [-0.3, -0.25) is 4.79 Å². The highest BCUT2D eigenvalue weighted by Crippen LogP contribution is 2.55. The second-order valence-electron chi connectivity index (χ2n) is 17.9. The van der Waals surface area contributed by atoms with Crippen LogP contribution < -0.4 is 27.4 Å². The van der Waals surface area contributed by atoms with E-state index < -0.39 is 53.9 Å². The van der Waals surface area contributed by atoms with Gasteiger partial charge in [-0.25, -0.2) is 4.79 Å². The highest BCUT2D eigenvalue weighted by molar-refractivity contribution is 5.89. The molecule has 13 nitrogen and oxygen atoms in total. The Morgan fingerprint density at radius 3 is 2.57 bits per heavy atom. The largest absolute Gasteiger partial charge is 0.456 e. The van der Waals surface area contributed by atoms with Gasteiger partial charge in [-0.05, 0) is 121 Å². The third-order valence-electron chi connectivity index (χ3n) is 14.2. The first-order valence-corrected chi connectivity index (χ1v) is 21.3. The maximum absolute atomic E-state index is 14.1. The standard InChI is InChI=1S/C41H71N5O8/c1-4-25(21-44-5-2)40(51)53-32-19-30-37(50)36-31(49)18-28(22-47)52-39(36)35(38(30)54-41(32,3)13-11-23-9-10-33(42)46-20-23)29(26-12-14-45-34(43)17-26)16-24-7-6-8-27(48)15-24/h4,23-24,26-30,32-39,44-48,50H,5-22,42-43H2,1-3H3. The Kier molecular flexibility index (Phi) is 14.7. The van der Waals surface area contributed by atoms with E-state index in [1.165, 1.54) is 0 Å². The number of nitrogens with one attached hydrogen (secondary N) is 3. The molecule has 16 atom stereocenters. The fraction of sp³-hybridized carbons (Fsp3) is 0.902. The first-order valence-electron chi connectivity index (χ1n) is 21.3. The van der Waals surface area contributed by atoms with Crippen molar-refractivity contribution in [2.24, 2.45) is 52.9 Å². The zero-order valence-corrected chi connectivity index (χ0v) is 33.0. The van der Waals surface area contributed by atoms with Crippen LogP contribution in [0.4, 0.5) is 0 Å². The SMILES string of the molecule is CC=C(CNCC)C(=O)OC1CC2C(O)C3C(=O)CC(CO)OC3C(C(CC3CCCC(O)C3)C3CCNC(N)C3)C2OC1(C)CCC1CCC(N)NC1. The van der Waals surface area contributed by atoms with Gasteiger partial charge in [-0.2, -0.15) is 0 Å². The van der Waals surface area contributed by atoms with E-state index in [1.807, 2.05) is 13.8 Å². The van der Waals surface area contributed by atoms with Crippen LogP contribution in [-0.4, -0.2) is 114 Å². The van der Waals surface area contributed by atoms with Gasteiger partial charge in [0.1, 0.15) is 17.5 Å². The average Bonchev–Trinajstić information content (AvgIpc) is 3.15. The van der Waals surface area contributed by atoms with E-state index in [9.17, 15) is 24.9 Å². The number of hydrogen-bond acceptors (Lipinski definition) is 13. The van der Waals surface area contributed by atoms with Crippen molar-refractivity contribution in [2.75, 3.05) is 32.8 Å². The number of allylic oxidation sites excluding steroid dienone is 1. The van der Waals surface area contributed by atoms with E-state index in [0.29, 0.717) is 43.3 Å². The number of ether oxygens (including phenoxy) is 3. The summed E-state index contributed by atoms with van der Waals surface area (Å²) >= 11 is 0. The van der Waals surface area contributed by atoms with E-state index in [4.69, 9.17) is 25.7 Å². The molecule has 10 N–H and O–H groups in total. The Balaban J connectivity index is 1.39. The number of hydrogen-bond donors (Lipinski definition) is 8.